The molecule has 126 valence electrons. The number of carbonyl (C=O) groups excluding carboxylic acids is 1. The van der Waals surface area contributed by atoms with Gasteiger partial charge in [0.25, 0.3) is 0 Å². The predicted molar refractivity (Wildman–Crippen MR) is 94.4 cm³/mol. The fourth-order valence-electron chi connectivity index (χ4n) is 1.82. The summed E-state index contributed by atoms with van der Waals surface area (Å²) in [6.07, 6.45) is 1.49. The number of hydrogen-bond donors (Lipinski definition) is 3. The van der Waals surface area contributed by atoms with E-state index in [1.54, 1.807) is 12.1 Å². The van der Waals surface area contributed by atoms with Gasteiger partial charge < -0.3 is 10.6 Å². The zero-order valence-corrected chi connectivity index (χ0v) is 14.1. The molecule has 0 aliphatic carbocycles. The summed E-state index contributed by atoms with van der Waals surface area (Å²) in [7, 11) is 0. The number of rotatable bonds is 5. The van der Waals surface area contributed by atoms with E-state index >= 15 is 0 Å². The number of benzene rings is 1. The Morgan fingerprint density at radius 2 is 1.71 bits per heavy atom. The van der Waals surface area contributed by atoms with Gasteiger partial charge in [-0.05, 0) is 42.9 Å². The summed E-state index contributed by atoms with van der Waals surface area (Å²) in [4.78, 5) is 23.7. The smallest absolute Gasteiger partial charge is 0.234 e. The highest BCUT2D eigenvalue weighted by molar-refractivity contribution is 7.80. The number of anilines is 3. The summed E-state index contributed by atoms with van der Waals surface area (Å²) in [6, 6.07) is 5.76. The number of aryl methyl sites for hydroxylation is 1. The standard InChI is InChI=1S/C15H17FN6OS/c1-3-4-12-19-13(17-9(2)23)21-14(20-12)22-15(24)18-11-7-5-10(16)6-8-11/h5-8H,3-4H2,1-2H3,(H3,17,18,19,20,21,22,23,24). The van der Waals surface area contributed by atoms with Gasteiger partial charge in [0.1, 0.15) is 11.6 Å². The first kappa shape index (κ1) is 17.7. The zero-order chi connectivity index (χ0) is 17.5. The Morgan fingerprint density at radius 1 is 1.08 bits per heavy atom. The van der Waals surface area contributed by atoms with Gasteiger partial charge >= 0.3 is 0 Å². The number of aromatic nitrogens is 3. The molecule has 0 spiro atoms. The highest BCUT2D eigenvalue weighted by atomic mass is 32.1. The van der Waals surface area contributed by atoms with Gasteiger partial charge in [0.15, 0.2) is 5.11 Å². The van der Waals surface area contributed by atoms with Crippen molar-refractivity contribution in [2.24, 2.45) is 0 Å². The summed E-state index contributed by atoms with van der Waals surface area (Å²) in [5, 5.41) is 8.49. The van der Waals surface area contributed by atoms with Gasteiger partial charge in [-0.1, -0.05) is 6.92 Å². The Morgan fingerprint density at radius 3 is 2.29 bits per heavy atom. The van der Waals surface area contributed by atoms with Crippen LogP contribution in [0.2, 0.25) is 0 Å². The Labute approximate surface area is 144 Å². The number of halogens is 1. The van der Waals surface area contributed by atoms with Crippen LogP contribution in [0.4, 0.5) is 22.0 Å². The monoisotopic (exact) mass is 348 g/mol. The Kier molecular flexibility index (Phi) is 6.07. The first-order valence-corrected chi connectivity index (χ1v) is 7.73. The molecular weight excluding hydrogens is 331 g/mol. The molecule has 1 amide bonds. The summed E-state index contributed by atoms with van der Waals surface area (Å²) >= 11 is 5.19. The second-order valence-corrected chi connectivity index (χ2v) is 5.32. The van der Waals surface area contributed by atoms with E-state index in [1.807, 2.05) is 6.92 Å². The molecule has 0 aliphatic heterocycles. The lowest BCUT2D eigenvalue weighted by atomic mass is 10.3. The molecule has 24 heavy (non-hydrogen) atoms. The molecule has 0 fully saturated rings. The molecule has 2 rings (SSSR count). The van der Waals surface area contributed by atoms with E-state index in [0.29, 0.717) is 17.9 Å². The van der Waals surface area contributed by atoms with Gasteiger partial charge in [0.2, 0.25) is 17.8 Å². The fraction of sp³-hybridized carbons (Fsp3) is 0.267. The van der Waals surface area contributed by atoms with Crippen LogP contribution in [-0.2, 0) is 11.2 Å². The van der Waals surface area contributed by atoms with Crippen LogP contribution in [0, 0.1) is 5.82 Å². The number of carbonyl (C=O) groups is 1. The molecule has 9 heteroatoms. The summed E-state index contributed by atoms with van der Waals surface area (Å²) < 4.78 is 12.9. The number of nitrogens with one attached hydrogen (secondary N) is 3. The topological polar surface area (TPSA) is 91.8 Å². The molecule has 0 aliphatic rings. The van der Waals surface area contributed by atoms with Gasteiger partial charge in [-0.2, -0.15) is 15.0 Å². The third-order valence-corrected chi connectivity index (χ3v) is 2.97. The minimum absolute atomic E-state index is 0.160. The quantitative estimate of drug-likeness (QED) is 0.716. The van der Waals surface area contributed by atoms with E-state index in [9.17, 15) is 9.18 Å². The largest absolute Gasteiger partial charge is 0.332 e. The highest BCUT2D eigenvalue weighted by Crippen LogP contribution is 2.11. The van der Waals surface area contributed by atoms with Crippen molar-refractivity contribution in [2.45, 2.75) is 26.7 Å². The first-order chi connectivity index (χ1) is 11.5. The number of amides is 1. The molecule has 3 N–H and O–H groups in total. The van der Waals surface area contributed by atoms with E-state index in [0.717, 1.165) is 6.42 Å². The van der Waals surface area contributed by atoms with Gasteiger partial charge in [-0.15, -0.1) is 0 Å². The molecule has 0 bridgehead atoms. The van der Waals surface area contributed by atoms with E-state index in [-0.39, 0.29) is 28.7 Å². The molecule has 0 unspecified atom stereocenters. The molecule has 1 aromatic carbocycles. The van der Waals surface area contributed by atoms with Crippen LogP contribution in [0.25, 0.3) is 0 Å². The van der Waals surface area contributed by atoms with Gasteiger partial charge in [-0.3, -0.25) is 10.1 Å². The minimum atomic E-state index is -0.332. The van der Waals surface area contributed by atoms with Crippen molar-refractivity contribution in [1.29, 1.82) is 0 Å². The number of thiocarbonyl (C=S) groups is 1. The molecule has 0 radical (unpaired) electrons. The van der Waals surface area contributed by atoms with Crippen molar-refractivity contribution < 1.29 is 9.18 Å². The first-order valence-electron chi connectivity index (χ1n) is 7.32. The van der Waals surface area contributed by atoms with Crippen molar-refractivity contribution in [2.75, 3.05) is 16.0 Å². The minimum Gasteiger partial charge on any atom is -0.332 e. The molecule has 1 aromatic heterocycles. The lowest BCUT2D eigenvalue weighted by Gasteiger charge is -2.11. The summed E-state index contributed by atoms with van der Waals surface area (Å²) in [5.41, 5.74) is 0.624. The summed E-state index contributed by atoms with van der Waals surface area (Å²) in [6.45, 7) is 3.37. The third-order valence-electron chi connectivity index (χ3n) is 2.77. The average Bonchev–Trinajstić information content (AvgIpc) is 2.49. The highest BCUT2D eigenvalue weighted by Gasteiger charge is 2.09. The van der Waals surface area contributed by atoms with E-state index in [1.165, 1.54) is 19.1 Å². The van der Waals surface area contributed by atoms with Crippen molar-refractivity contribution >= 4 is 40.8 Å². The van der Waals surface area contributed by atoms with Crippen LogP contribution in [0.5, 0.6) is 0 Å². The zero-order valence-electron chi connectivity index (χ0n) is 13.3. The third kappa shape index (κ3) is 5.51. The maximum absolute atomic E-state index is 12.9. The predicted octanol–water partition coefficient (Wildman–Crippen LogP) is 2.73. The van der Waals surface area contributed by atoms with Crippen LogP contribution in [0.1, 0.15) is 26.1 Å². The van der Waals surface area contributed by atoms with Crippen LogP contribution in [-0.4, -0.2) is 26.0 Å². The number of hydrogen-bond acceptors (Lipinski definition) is 5. The summed E-state index contributed by atoms with van der Waals surface area (Å²) in [5.74, 6) is 0.316. The number of nitrogens with zero attached hydrogens (tertiary/aromatic N) is 3. The molecule has 0 atom stereocenters. The fourth-order valence-corrected chi connectivity index (χ4v) is 2.03. The van der Waals surface area contributed by atoms with Gasteiger partial charge in [0.05, 0.1) is 0 Å². The van der Waals surface area contributed by atoms with Gasteiger partial charge in [-0.25, -0.2) is 4.39 Å². The van der Waals surface area contributed by atoms with Crippen molar-refractivity contribution in [3.05, 3.63) is 35.9 Å². The van der Waals surface area contributed by atoms with E-state index in [4.69, 9.17) is 12.2 Å². The Balaban J connectivity index is 2.11. The SMILES string of the molecule is CCCc1nc(NC(C)=O)nc(NC(=S)Nc2ccc(F)cc2)n1. The van der Waals surface area contributed by atoms with Crippen molar-refractivity contribution in [1.82, 2.24) is 15.0 Å². The molecule has 0 saturated carbocycles. The molecular formula is C15H17FN6OS. The lowest BCUT2D eigenvalue weighted by Crippen LogP contribution is -2.22. The van der Waals surface area contributed by atoms with Crippen molar-refractivity contribution in [3.8, 4) is 0 Å². The van der Waals surface area contributed by atoms with Crippen molar-refractivity contribution in [3.63, 3.8) is 0 Å². The van der Waals surface area contributed by atoms with E-state index in [2.05, 4.69) is 30.9 Å². The Bertz CT molecular complexity index is 737. The van der Waals surface area contributed by atoms with Crippen LogP contribution in [0.3, 0.4) is 0 Å². The van der Waals surface area contributed by atoms with Crippen LogP contribution >= 0.6 is 12.2 Å². The lowest BCUT2D eigenvalue weighted by molar-refractivity contribution is -0.114. The molecule has 0 saturated heterocycles. The average molecular weight is 348 g/mol. The normalized spacial score (nSPS) is 10.1. The Hall–Kier alpha value is -2.68. The maximum Gasteiger partial charge on any atom is 0.234 e. The second-order valence-electron chi connectivity index (χ2n) is 4.92. The van der Waals surface area contributed by atoms with Crippen LogP contribution in [0.15, 0.2) is 24.3 Å². The van der Waals surface area contributed by atoms with E-state index < -0.39 is 0 Å². The molecule has 2 aromatic rings. The molecule has 1 heterocycles. The van der Waals surface area contributed by atoms with Crippen LogP contribution < -0.4 is 16.0 Å². The van der Waals surface area contributed by atoms with Gasteiger partial charge in [0, 0.05) is 19.0 Å². The second kappa shape index (κ2) is 8.25. The maximum atomic E-state index is 12.9. The molecule has 7 nitrogen and oxygen atoms in total.